The summed E-state index contributed by atoms with van der Waals surface area (Å²) >= 11 is 5.66. The maximum atomic E-state index is 14.5. The Hall–Kier alpha value is -2.51. The Morgan fingerprint density at radius 1 is 1.11 bits per heavy atom. The summed E-state index contributed by atoms with van der Waals surface area (Å²) in [5.41, 5.74) is 1.17. The van der Waals surface area contributed by atoms with E-state index in [1.165, 1.54) is 43.0 Å². The van der Waals surface area contributed by atoms with E-state index in [-0.39, 0.29) is 16.3 Å². The average molecular weight is 537 g/mol. The number of ether oxygens (including phenoxy) is 2. The molecular formula is C24H27ClF2N6O4. The zero-order valence-corrected chi connectivity index (χ0v) is 20.8. The molecule has 0 amide bonds. The first-order chi connectivity index (χ1) is 17.8. The molecule has 6 rings (SSSR count). The maximum absolute atomic E-state index is 14.5. The third-order valence-corrected chi connectivity index (χ3v) is 8.29. The highest BCUT2D eigenvalue weighted by molar-refractivity contribution is 6.30. The van der Waals surface area contributed by atoms with Crippen molar-refractivity contribution in [3.8, 4) is 11.3 Å². The summed E-state index contributed by atoms with van der Waals surface area (Å²) in [6.07, 6.45) is 5.01. The molecule has 37 heavy (non-hydrogen) atoms. The van der Waals surface area contributed by atoms with E-state index in [2.05, 4.69) is 20.6 Å². The van der Waals surface area contributed by atoms with E-state index >= 15 is 0 Å². The van der Waals surface area contributed by atoms with Crippen LogP contribution in [0.1, 0.15) is 43.5 Å². The monoisotopic (exact) mass is 536 g/mol. The summed E-state index contributed by atoms with van der Waals surface area (Å²) in [5, 5.41) is 37.3. The minimum atomic E-state index is -1.21. The van der Waals surface area contributed by atoms with E-state index in [4.69, 9.17) is 21.1 Å². The minimum Gasteiger partial charge on any atom is -0.394 e. The molecule has 2 aliphatic carbocycles. The summed E-state index contributed by atoms with van der Waals surface area (Å²) < 4.78 is 43.5. The number of halogens is 3. The molecule has 1 aromatic carbocycles. The van der Waals surface area contributed by atoms with E-state index in [0.29, 0.717) is 23.6 Å². The molecule has 3 heterocycles. The van der Waals surface area contributed by atoms with Crippen LogP contribution in [0.25, 0.3) is 11.3 Å². The van der Waals surface area contributed by atoms with Crippen LogP contribution in [0.15, 0.2) is 24.5 Å². The van der Waals surface area contributed by atoms with Crippen LogP contribution >= 0.6 is 11.6 Å². The molecule has 0 unspecified atom stereocenters. The fourth-order valence-electron chi connectivity index (χ4n) is 5.70. The van der Waals surface area contributed by atoms with Gasteiger partial charge in [0.05, 0.1) is 35.7 Å². The van der Waals surface area contributed by atoms with Crippen LogP contribution in [0.5, 0.6) is 0 Å². The number of aliphatic hydroxyl groups is 2. The highest BCUT2D eigenvalue weighted by Gasteiger charge is 2.54. The molecular weight excluding hydrogens is 510 g/mol. The van der Waals surface area contributed by atoms with Gasteiger partial charge in [-0.3, -0.25) is 0 Å². The van der Waals surface area contributed by atoms with Gasteiger partial charge in [0.15, 0.2) is 11.6 Å². The first-order valence-corrected chi connectivity index (χ1v) is 12.6. The number of aliphatic hydroxyl groups excluding tert-OH is 2. The Labute approximate surface area is 216 Å². The predicted octanol–water partition coefficient (Wildman–Crippen LogP) is 2.50. The van der Waals surface area contributed by atoms with E-state index in [0.717, 1.165) is 12.8 Å². The van der Waals surface area contributed by atoms with Crippen molar-refractivity contribution in [1.29, 1.82) is 0 Å². The second kappa shape index (κ2) is 9.35. The van der Waals surface area contributed by atoms with E-state index in [9.17, 15) is 19.0 Å². The predicted molar refractivity (Wildman–Crippen MR) is 126 cm³/mol. The molecule has 2 aromatic heterocycles. The molecule has 198 valence electrons. The van der Waals surface area contributed by atoms with Gasteiger partial charge in [0.1, 0.15) is 30.0 Å². The largest absolute Gasteiger partial charge is 0.394 e. The Morgan fingerprint density at radius 2 is 1.86 bits per heavy atom. The first-order valence-electron chi connectivity index (χ1n) is 12.3. The molecule has 2 saturated carbocycles. The van der Waals surface area contributed by atoms with Crippen molar-refractivity contribution >= 4 is 11.6 Å². The smallest absolute Gasteiger partial charge is 0.178 e. The summed E-state index contributed by atoms with van der Waals surface area (Å²) in [4.78, 5) is 0. The third-order valence-electron chi connectivity index (χ3n) is 8.00. The van der Waals surface area contributed by atoms with Crippen molar-refractivity contribution in [2.45, 2.75) is 68.6 Å². The van der Waals surface area contributed by atoms with Gasteiger partial charge in [-0.1, -0.05) is 22.0 Å². The van der Waals surface area contributed by atoms with Crippen LogP contribution in [-0.4, -0.2) is 78.3 Å². The van der Waals surface area contributed by atoms with Crippen molar-refractivity contribution in [3.05, 3.63) is 46.9 Å². The van der Waals surface area contributed by atoms with Gasteiger partial charge >= 0.3 is 0 Å². The molecule has 3 fully saturated rings. The lowest BCUT2D eigenvalue weighted by Crippen LogP contribution is -2.57. The van der Waals surface area contributed by atoms with Crippen LogP contribution in [-0.2, 0) is 15.9 Å². The number of nitrogens with zero attached hydrogens (tertiary/aromatic N) is 6. The van der Waals surface area contributed by atoms with Gasteiger partial charge < -0.3 is 19.7 Å². The first kappa shape index (κ1) is 24.8. The fraction of sp³-hybridized carbons (Fsp3) is 0.583. The Morgan fingerprint density at radius 3 is 2.57 bits per heavy atom. The van der Waals surface area contributed by atoms with Crippen molar-refractivity contribution in [2.24, 2.45) is 5.41 Å². The molecule has 13 heteroatoms. The van der Waals surface area contributed by atoms with Crippen LogP contribution in [0.2, 0.25) is 5.02 Å². The van der Waals surface area contributed by atoms with Crippen molar-refractivity contribution in [2.75, 3.05) is 13.7 Å². The molecule has 0 bridgehead atoms. The lowest BCUT2D eigenvalue weighted by molar-refractivity contribution is -0.212. The highest BCUT2D eigenvalue weighted by Crippen LogP contribution is 2.64. The third kappa shape index (κ3) is 4.34. The molecule has 10 nitrogen and oxygen atoms in total. The molecule has 5 atom stereocenters. The van der Waals surface area contributed by atoms with Crippen LogP contribution in [0.4, 0.5) is 8.78 Å². The summed E-state index contributed by atoms with van der Waals surface area (Å²) in [6.45, 7) is -0.444. The van der Waals surface area contributed by atoms with Gasteiger partial charge in [0.25, 0.3) is 0 Å². The van der Waals surface area contributed by atoms with Gasteiger partial charge in [-0.25, -0.2) is 18.1 Å². The van der Waals surface area contributed by atoms with E-state index in [1.807, 2.05) is 10.9 Å². The van der Waals surface area contributed by atoms with Gasteiger partial charge in [-0.2, -0.15) is 0 Å². The van der Waals surface area contributed by atoms with E-state index < -0.39 is 48.7 Å². The summed E-state index contributed by atoms with van der Waals surface area (Å²) in [6, 6.07) is 2.06. The van der Waals surface area contributed by atoms with Gasteiger partial charge in [0, 0.05) is 25.3 Å². The number of methoxy groups -OCH3 is 1. The molecule has 1 saturated heterocycles. The van der Waals surface area contributed by atoms with Crippen LogP contribution in [0.3, 0.4) is 0 Å². The topological polar surface area (TPSA) is 120 Å². The second-order valence-electron chi connectivity index (χ2n) is 10.3. The fourth-order valence-corrected chi connectivity index (χ4v) is 5.85. The van der Waals surface area contributed by atoms with Crippen molar-refractivity contribution < 1.29 is 28.5 Å². The molecule has 1 aliphatic heterocycles. The highest BCUT2D eigenvalue weighted by atomic mass is 35.5. The number of aromatic nitrogens is 6. The van der Waals surface area contributed by atoms with E-state index in [1.54, 1.807) is 0 Å². The second-order valence-corrected chi connectivity index (χ2v) is 10.7. The maximum Gasteiger partial charge on any atom is 0.178 e. The normalized spacial score (nSPS) is 29.0. The van der Waals surface area contributed by atoms with Crippen LogP contribution < -0.4 is 0 Å². The number of hydrogen-bond donors (Lipinski definition) is 2. The van der Waals surface area contributed by atoms with Gasteiger partial charge in [0.2, 0.25) is 0 Å². The van der Waals surface area contributed by atoms with Crippen molar-refractivity contribution in [3.63, 3.8) is 0 Å². The van der Waals surface area contributed by atoms with Crippen LogP contribution in [0, 0.1) is 17.0 Å². The number of benzene rings is 1. The van der Waals surface area contributed by atoms with Gasteiger partial charge in [-0.05, 0) is 43.2 Å². The lowest BCUT2D eigenvalue weighted by atomic mass is 9.77. The molecule has 1 spiro atoms. The summed E-state index contributed by atoms with van der Waals surface area (Å²) in [5.74, 6) is -2.33. The quantitative estimate of drug-likeness (QED) is 0.442. The zero-order valence-electron chi connectivity index (χ0n) is 20.0. The molecule has 0 radical (unpaired) electrons. The Kier molecular flexibility index (Phi) is 6.27. The number of hydrogen-bond acceptors (Lipinski definition) is 8. The minimum absolute atomic E-state index is 0.0515. The van der Waals surface area contributed by atoms with Crippen molar-refractivity contribution in [1.82, 2.24) is 30.0 Å². The Bertz CT molecular complexity index is 1290. The lowest BCUT2D eigenvalue weighted by Gasteiger charge is -2.43. The average Bonchev–Trinajstić information content (AvgIpc) is 3.31. The zero-order chi connectivity index (χ0) is 25.9. The Balaban J connectivity index is 1.25. The molecule has 3 aromatic rings. The molecule has 2 N–H and O–H groups in total. The number of rotatable bonds is 7. The molecule has 3 aliphatic rings. The summed E-state index contributed by atoms with van der Waals surface area (Å²) in [7, 11) is 1.48. The SMILES string of the molecule is CO[C@@H]1[C@@H](n2cc(-c3ccc(Cl)c(F)c3F)nn2)[C@@H](O)[C@@H](CO)O[C@@H]1Cc1cn(C2CC3(CC3)C2)nn1. The van der Waals surface area contributed by atoms with Gasteiger partial charge in [-0.15, -0.1) is 10.2 Å². The standard InChI is InChI=1S/C24H27ClF2N6O4/c1-36-23-17(6-12-9-32(30-28-12)13-7-24(8-13)4-5-24)37-18(11-34)22(35)21(23)33-10-16(29-31-33)14-2-3-15(25)20(27)19(14)26/h2-3,9-10,13,17-18,21-23,34-35H,4-8,11H2,1H3/t17-,18-,21+,22+,23+/m1/s1.